The summed E-state index contributed by atoms with van der Waals surface area (Å²) in [5.74, 6) is 0.924. The third kappa shape index (κ3) is 4.98. The highest BCUT2D eigenvalue weighted by Crippen LogP contribution is 2.32. The third-order valence-electron chi connectivity index (χ3n) is 5.77. The van der Waals surface area contributed by atoms with Crippen molar-refractivity contribution in [2.24, 2.45) is 0 Å². The lowest BCUT2D eigenvalue weighted by Gasteiger charge is -2.30. The summed E-state index contributed by atoms with van der Waals surface area (Å²) < 4.78 is 24.2. The number of allylic oxidation sites excluding steroid dienone is 2. The minimum atomic E-state index is 0.556. The first-order valence-corrected chi connectivity index (χ1v) is 10.4. The number of rotatable bonds is 6. The van der Waals surface area contributed by atoms with Crippen LogP contribution in [0.25, 0.3) is 6.08 Å². The Balaban J connectivity index is 1.51. The number of nitrogens with zero attached hydrogens (tertiary/aromatic N) is 2. The van der Waals surface area contributed by atoms with Crippen LogP contribution in [0, 0.1) is 0 Å². The Hall–Kier alpha value is -2.37. The first kappa shape index (κ1) is 19.9. The summed E-state index contributed by atoms with van der Waals surface area (Å²) in [6.45, 7) is 9.02. The second-order valence-electron chi connectivity index (χ2n) is 7.79. The van der Waals surface area contributed by atoms with E-state index in [-0.39, 0.29) is 0 Å². The largest absolute Gasteiger partial charge is 0.488 e. The molecule has 3 heterocycles. The number of benzene rings is 1. The van der Waals surface area contributed by atoms with Gasteiger partial charge in [0.1, 0.15) is 12.4 Å². The zero-order chi connectivity index (χ0) is 20.1. The Bertz CT molecular complexity index is 846. The minimum absolute atomic E-state index is 0.556. The van der Waals surface area contributed by atoms with Crippen LogP contribution in [0.15, 0.2) is 59.5 Å². The van der Waals surface area contributed by atoms with Crippen LogP contribution in [-0.2, 0) is 4.74 Å². The van der Waals surface area contributed by atoms with E-state index in [0.717, 1.165) is 74.0 Å². The van der Waals surface area contributed by atoms with Gasteiger partial charge in [0.15, 0.2) is 0 Å². The van der Waals surface area contributed by atoms with Crippen LogP contribution < -0.4 is 9.64 Å². The number of hydrogen-bond acceptors (Lipinski definition) is 4. The van der Waals surface area contributed by atoms with E-state index < -0.39 is 0 Å². The van der Waals surface area contributed by atoms with Crippen molar-refractivity contribution in [3.63, 3.8) is 0 Å². The zero-order valence-electron chi connectivity index (χ0n) is 17.1. The van der Waals surface area contributed by atoms with E-state index in [1.165, 1.54) is 12.1 Å². The highest BCUT2D eigenvalue weighted by molar-refractivity contribution is 5.70. The molecule has 1 aromatic carbocycles. The van der Waals surface area contributed by atoms with Crippen LogP contribution in [0.3, 0.4) is 0 Å². The van der Waals surface area contributed by atoms with Crippen LogP contribution in [0.2, 0.25) is 0 Å². The molecule has 0 spiro atoms. The Kier molecular flexibility index (Phi) is 6.47. The third-order valence-corrected chi connectivity index (χ3v) is 5.77. The van der Waals surface area contributed by atoms with Crippen LogP contribution in [0.1, 0.15) is 18.9 Å². The quantitative estimate of drug-likeness (QED) is 0.667. The van der Waals surface area contributed by atoms with Crippen LogP contribution in [-0.4, -0.2) is 57.4 Å². The highest BCUT2D eigenvalue weighted by atomic mass is 19.1. The maximum Gasteiger partial charge on any atom is 0.127 e. The smallest absolute Gasteiger partial charge is 0.127 e. The van der Waals surface area contributed by atoms with Gasteiger partial charge in [-0.1, -0.05) is 12.2 Å². The summed E-state index contributed by atoms with van der Waals surface area (Å²) in [6, 6.07) is 6.38. The summed E-state index contributed by atoms with van der Waals surface area (Å²) in [6.07, 6.45) is 9.71. The van der Waals surface area contributed by atoms with Gasteiger partial charge in [0, 0.05) is 30.9 Å². The van der Waals surface area contributed by atoms with Gasteiger partial charge in [-0.3, -0.25) is 4.90 Å². The Morgan fingerprint density at radius 2 is 1.97 bits per heavy atom. The van der Waals surface area contributed by atoms with Gasteiger partial charge < -0.3 is 14.4 Å². The molecular weight excluding hydrogens is 367 g/mol. The molecule has 3 aliphatic rings. The molecule has 0 atom stereocenters. The molecule has 3 aliphatic heterocycles. The SMILES string of the molecule is C\C(=C/C=C(\C=C\F)CN1CCC1)C1=Cc2cc(N3CCOCC3)ccc2OC1. The van der Waals surface area contributed by atoms with Crippen LogP contribution in [0.4, 0.5) is 10.1 Å². The second-order valence-corrected chi connectivity index (χ2v) is 7.79. The number of fused-ring (bicyclic) bond motifs is 1. The van der Waals surface area contributed by atoms with E-state index in [2.05, 4.69) is 47.1 Å². The number of ether oxygens (including phenoxy) is 2. The van der Waals surface area contributed by atoms with Crippen molar-refractivity contribution in [1.82, 2.24) is 4.90 Å². The van der Waals surface area contributed by atoms with E-state index in [1.807, 2.05) is 6.08 Å². The molecular formula is C24H29FN2O2. The molecule has 5 heteroatoms. The summed E-state index contributed by atoms with van der Waals surface area (Å²) in [4.78, 5) is 4.67. The van der Waals surface area contributed by atoms with Gasteiger partial charge in [-0.25, -0.2) is 4.39 Å². The number of halogens is 1. The standard InChI is InChI=1S/C24H29FN2O2/c1-19(3-4-20(7-8-25)17-26-9-2-10-26)22-15-21-16-23(5-6-24(21)29-18-22)27-11-13-28-14-12-27/h3-8,15-16H,2,9-14,17-18H2,1H3/b8-7+,19-3+,20-4+. The minimum Gasteiger partial charge on any atom is -0.488 e. The summed E-state index contributed by atoms with van der Waals surface area (Å²) in [7, 11) is 0. The molecule has 154 valence electrons. The lowest BCUT2D eigenvalue weighted by Crippen LogP contribution is -2.38. The maximum absolute atomic E-state index is 12.7. The molecule has 0 unspecified atom stereocenters. The van der Waals surface area contributed by atoms with Crippen LogP contribution in [0.5, 0.6) is 5.75 Å². The van der Waals surface area contributed by atoms with Gasteiger partial charge >= 0.3 is 0 Å². The number of likely N-dealkylation sites (tertiary alicyclic amines) is 1. The molecule has 0 aromatic heterocycles. The first-order chi connectivity index (χ1) is 14.2. The summed E-state index contributed by atoms with van der Waals surface area (Å²) >= 11 is 0. The van der Waals surface area contributed by atoms with E-state index in [4.69, 9.17) is 9.47 Å². The van der Waals surface area contributed by atoms with Gasteiger partial charge in [-0.05, 0) is 73.5 Å². The van der Waals surface area contributed by atoms with E-state index in [0.29, 0.717) is 12.9 Å². The van der Waals surface area contributed by atoms with Crippen LogP contribution >= 0.6 is 0 Å². The molecule has 0 N–H and O–H groups in total. The Labute approximate surface area is 172 Å². The lowest BCUT2D eigenvalue weighted by molar-refractivity contribution is 0.122. The van der Waals surface area contributed by atoms with Crippen molar-refractivity contribution in [1.29, 1.82) is 0 Å². The monoisotopic (exact) mass is 396 g/mol. The molecule has 0 amide bonds. The Morgan fingerprint density at radius 3 is 2.69 bits per heavy atom. The van der Waals surface area contributed by atoms with Gasteiger partial charge in [-0.15, -0.1) is 0 Å². The first-order valence-electron chi connectivity index (χ1n) is 10.4. The fourth-order valence-electron chi connectivity index (χ4n) is 3.79. The fraction of sp³-hybridized carbons (Fsp3) is 0.417. The molecule has 0 saturated carbocycles. The van der Waals surface area contributed by atoms with Gasteiger partial charge in [0.25, 0.3) is 0 Å². The lowest BCUT2D eigenvalue weighted by atomic mass is 10.0. The number of morpholine rings is 1. The molecule has 2 saturated heterocycles. The molecule has 4 rings (SSSR count). The maximum atomic E-state index is 12.7. The molecule has 0 aliphatic carbocycles. The molecule has 0 bridgehead atoms. The molecule has 29 heavy (non-hydrogen) atoms. The molecule has 2 fully saturated rings. The summed E-state index contributed by atoms with van der Waals surface area (Å²) in [5, 5.41) is 0. The predicted molar refractivity (Wildman–Crippen MR) is 116 cm³/mol. The van der Waals surface area contributed by atoms with Gasteiger partial charge in [-0.2, -0.15) is 0 Å². The predicted octanol–water partition coefficient (Wildman–Crippen LogP) is 4.36. The highest BCUT2D eigenvalue weighted by Gasteiger charge is 2.17. The second kappa shape index (κ2) is 9.42. The van der Waals surface area contributed by atoms with Crippen molar-refractivity contribution >= 4 is 11.8 Å². The molecule has 4 nitrogen and oxygen atoms in total. The van der Waals surface area contributed by atoms with Crippen molar-refractivity contribution in [2.75, 3.05) is 57.4 Å². The normalized spacial score (nSPS) is 20.9. The number of hydrogen-bond donors (Lipinski definition) is 0. The van der Waals surface area contributed by atoms with Gasteiger partial charge in [0.05, 0.1) is 19.5 Å². The van der Waals surface area contributed by atoms with Crippen molar-refractivity contribution in [2.45, 2.75) is 13.3 Å². The van der Waals surface area contributed by atoms with Gasteiger partial charge in [0.2, 0.25) is 0 Å². The van der Waals surface area contributed by atoms with Crippen molar-refractivity contribution in [3.05, 3.63) is 65.0 Å². The average molecular weight is 397 g/mol. The topological polar surface area (TPSA) is 24.9 Å². The zero-order valence-corrected chi connectivity index (χ0v) is 17.1. The molecule has 0 radical (unpaired) electrons. The number of anilines is 1. The fourth-order valence-corrected chi connectivity index (χ4v) is 3.79. The van der Waals surface area contributed by atoms with E-state index >= 15 is 0 Å². The molecule has 1 aromatic rings. The van der Waals surface area contributed by atoms with Crippen molar-refractivity contribution in [3.8, 4) is 5.75 Å². The Morgan fingerprint density at radius 1 is 1.14 bits per heavy atom. The van der Waals surface area contributed by atoms with E-state index in [1.54, 1.807) is 6.08 Å². The van der Waals surface area contributed by atoms with E-state index in [9.17, 15) is 4.39 Å². The van der Waals surface area contributed by atoms with Crippen molar-refractivity contribution < 1.29 is 13.9 Å². The summed E-state index contributed by atoms with van der Waals surface area (Å²) in [5.41, 5.74) is 5.59. The average Bonchev–Trinajstić information content (AvgIpc) is 2.74.